The van der Waals surface area contributed by atoms with Crippen LogP contribution in [0.1, 0.15) is 18.4 Å². The van der Waals surface area contributed by atoms with Crippen molar-refractivity contribution in [2.75, 3.05) is 0 Å². The fourth-order valence-corrected chi connectivity index (χ4v) is 1.94. The van der Waals surface area contributed by atoms with Crippen molar-refractivity contribution in [1.82, 2.24) is 4.57 Å². The molecule has 1 aromatic carbocycles. The first kappa shape index (κ1) is 10.7. The van der Waals surface area contributed by atoms with Crippen molar-refractivity contribution in [2.24, 2.45) is 5.73 Å². The molecule has 2 aromatic rings. The van der Waals surface area contributed by atoms with E-state index in [0.717, 1.165) is 13.0 Å². The Labute approximate surface area is 94.9 Å². The molecular formula is C13H16N2O. The third kappa shape index (κ3) is 2.24. The van der Waals surface area contributed by atoms with Crippen LogP contribution in [0.25, 0.3) is 10.9 Å². The second kappa shape index (κ2) is 4.39. The minimum absolute atomic E-state index is 0.229. The second-order valence-corrected chi connectivity index (χ2v) is 4.14. The molecule has 0 saturated heterocycles. The van der Waals surface area contributed by atoms with Crippen LogP contribution in [-0.4, -0.2) is 10.5 Å². The molecule has 2 N–H and O–H groups in total. The van der Waals surface area contributed by atoms with Gasteiger partial charge < -0.3 is 10.3 Å². The van der Waals surface area contributed by atoms with E-state index in [0.29, 0.717) is 6.42 Å². The number of benzene rings is 1. The summed E-state index contributed by atoms with van der Waals surface area (Å²) in [5.74, 6) is -0.229. The summed E-state index contributed by atoms with van der Waals surface area (Å²) in [4.78, 5) is 10.6. The van der Waals surface area contributed by atoms with Crippen molar-refractivity contribution < 1.29 is 4.79 Å². The Morgan fingerprint density at radius 2 is 2.19 bits per heavy atom. The van der Waals surface area contributed by atoms with E-state index in [1.54, 1.807) is 0 Å². The fraction of sp³-hybridized carbons (Fsp3) is 0.308. The highest BCUT2D eigenvalue weighted by Gasteiger charge is 2.01. The highest BCUT2D eigenvalue weighted by Crippen LogP contribution is 2.17. The molecule has 0 aliphatic heterocycles. The van der Waals surface area contributed by atoms with Crippen LogP contribution in [0.3, 0.4) is 0 Å². The molecular weight excluding hydrogens is 200 g/mol. The van der Waals surface area contributed by atoms with E-state index in [9.17, 15) is 4.79 Å². The number of aromatic nitrogens is 1. The summed E-state index contributed by atoms with van der Waals surface area (Å²) in [6, 6.07) is 8.49. The highest BCUT2D eigenvalue weighted by molar-refractivity contribution is 5.80. The van der Waals surface area contributed by atoms with Crippen LogP contribution >= 0.6 is 0 Å². The number of aryl methyl sites for hydroxylation is 2. The van der Waals surface area contributed by atoms with Crippen molar-refractivity contribution in [3.63, 3.8) is 0 Å². The number of fused-ring (bicyclic) bond motifs is 1. The van der Waals surface area contributed by atoms with E-state index in [-0.39, 0.29) is 5.91 Å². The molecule has 1 amide bonds. The number of nitrogens with zero attached hydrogens (tertiary/aromatic N) is 1. The van der Waals surface area contributed by atoms with Gasteiger partial charge in [0, 0.05) is 24.7 Å². The first-order valence-electron chi connectivity index (χ1n) is 5.50. The zero-order valence-corrected chi connectivity index (χ0v) is 9.44. The largest absolute Gasteiger partial charge is 0.370 e. The lowest BCUT2D eigenvalue weighted by Gasteiger charge is -2.04. The van der Waals surface area contributed by atoms with Gasteiger partial charge in [-0.1, -0.05) is 11.6 Å². The summed E-state index contributed by atoms with van der Waals surface area (Å²) in [7, 11) is 0. The Kier molecular flexibility index (Phi) is 2.95. The van der Waals surface area contributed by atoms with Gasteiger partial charge in [-0.25, -0.2) is 0 Å². The Morgan fingerprint density at radius 3 is 2.94 bits per heavy atom. The van der Waals surface area contributed by atoms with Crippen LogP contribution in [0.2, 0.25) is 0 Å². The summed E-state index contributed by atoms with van der Waals surface area (Å²) < 4.78 is 2.16. The molecule has 0 atom stereocenters. The van der Waals surface area contributed by atoms with E-state index in [1.807, 2.05) is 0 Å². The van der Waals surface area contributed by atoms with Gasteiger partial charge in [-0.3, -0.25) is 4.79 Å². The number of amides is 1. The predicted octanol–water partition coefficient (Wildman–Crippen LogP) is 2.22. The molecule has 0 bridgehead atoms. The van der Waals surface area contributed by atoms with Gasteiger partial charge in [0.25, 0.3) is 0 Å². The second-order valence-electron chi connectivity index (χ2n) is 4.14. The maximum atomic E-state index is 10.6. The van der Waals surface area contributed by atoms with E-state index >= 15 is 0 Å². The van der Waals surface area contributed by atoms with Gasteiger partial charge in [0.05, 0.1) is 0 Å². The van der Waals surface area contributed by atoms with E-state index in [1.165, 1.54) is 16.5 Å². The summed E-state index contributed by atoms with van der Waals surface area (Å²) in [5, 5.41) is 1.25. The van der Waals surface area contributed by atoms with E-state index < -0.39 is 0 Å². The van der Waals surface area contributed by atoms with Gasteiger partial charge in [0.2, 0.25) is 5.91 Å². The maximum Gasteiger partial charge on any atom is 0.217 e. The first-order valence-corrected chi connectivity index (χ1v) is 5.50. The number of carbonyl (C=O) groups is 1. The zero-order valence-electron chi connectivity index (χ0n) is 9.44. The highest BCUT2D eigenvalue weighted by atomic mass is 16.1. The average Bonchev–Trinajstić information content (AvgIpc) is 2.60. The van der Waals surface area contributed by atoms with Crippen molar-refractivity contribution in [1.29, 1.82) is 0 Å². The molecule has 0 spiro atoms. The summed E-state index contributed by atoms with van der Waals surface area (Å²) in [5.41, 5.74) is 7.60. The van der Waals surface area contributed by atoms with Gasteiger partial charge in [-0.05, 0) is 36.9 Å². The zero-order chi connectivity index (χ0) is 11.5. The topological polar surface area (TPSA) is 48.0 Å². The standard InChI is InChI=1S/C13H16N2O/c1-10-4-5-12-11(9-10)6-8-15(12)7-2-3-13(14)16/h4-6,8-9H,2-3,7H2,1H3,(H2,14,16). The van der Waals surface area contributed by atoms with Crippen LogP contribution in [0.5, 0.6) is 0 Å². The molecule has 0 aliphatic rings. The third-order valence-electron chi connectivity index (χ3n) is 2.75. The molecule has 16 heavy (non-hydrogen) atoms. The number of primary amides is 1. The Morgan fingerprint density at radius 1 is 1.38 bits per heavy atom. The molecule has 3 heteroatoms. The predicted molar refractivity (Wildman–Crippen MR) is 65.1 cm³/mol. The normalized spacial score (nSPS) is 10.8. The van der Waals surface area contributed by atoms with Gasteiger partial charge in [-0.2, -0.15) is 0 Å². The van der Waals surface area contributed by atoms with Gasteiger partial charge >= 0.3 is 0 Å². The Hall–Kier alpha value is -1.77. The Bertz CT molecular complexity index is 514. The molecule has 0 saturated carbocycles. The molecule has 0 aliphatic carbocycles. The summed E-state index contributed by atoms with van der Waals surface area (Å²) in [6.07, 6.45) is 3.31. The third-order valence-corrected chi connectivity index (χ3v) is 2.75. The van der Waals surface area contributed by atoms with Gasteiger partial charge in [-0.15, -0.1) is 0 Å². The van der Waals surface area contributed by atoms with Crippen LogP contribution in [0.4, 0.5) is 0 Å². The van der Waals surface area contributed by atoms with Crippen molar-refractivity contribution in [2.45, 2.75) is 26.3 Å². The monoisotopic (exact) mass is 216 g/mol. The number of nitrogens with two attached hydrogens (primary N) is 1. The molecule has 2 rings (SSSR count). The number of rotatable bonds is 4. The minimum atomic E-state index is -0.229. The van der Waals surface area contributed by atoms with Crippen molar-refractivity contribution in [3.8, 4) is 0 Å². The van der Waals surface area contributed by atoms with Crippen LogP contribution in [0, 0.1) is 6.92 Å². The SMILES string of the molecule is Cc1ccc2c(ccn2CCCC(N)=O)c1. The minimum Gasteiger partial charge on any atom is -0.370 e. The lowest BCUT2D eigenvalue weighted by molar-refractivity contribution is -0.118. The smallest absolute Gasteiger partial charge is 0.217 e. The fourth-order valence-electron chi connectivity index (χ4n) is 1.94. The molecule has 1 heterocycles. The van der Waals surface area contributed by atoms with Crippen LogP contribution in [-0.2, 0) is 11.3 Å². The molecule has 0 fully saturated rings. The number of hydrogen-bond acceptors (Lipinski definition) is 1. The molecule has 1 aromatic heterocycles. The molecule has 3 nitrogen and oxygen atoms in total. The Balaban J connectivity index is 2.15. The summed E-state index contributed by atoms with van der Waals surface area (Å²) >= 11 is 0. The molecule has 84 valence electrons. The maximum absolute atomic E-state index is 10.6. The van der Waals surface area contributed by atoms with E-state index in [4.69, 9.17) is 5.73 Å². The van der Waals surface area contributed by atoms with Crippen molar-refractivity contribution >= 4 is 16.8 Å². The van der Waals surface area contributed by atoms with Gasteiger partial charge in [0.1, 0.15) is 0 Å². The lowest BCUT2D eigenvalue weighted by Crippen LogP contribution is -2.11. The first-order chi connectivity index (χ1) is 7.66. The average molecular weight is 216 g/mol. The van der Waals surface area contributed by atoms with Crippen LogP contribution in [0.15, 0.2) is 30.5 Å². The summed E-state index contributed by atoms with van der Waals surface area (Å²) in [6.45, 7) is 2.93. The van der Waals surface area contributed by atoms with Crippen LogP contribution < -0.4 is 5.73 Å². The van der Waals surface area contributed by atoms with E-state index in [2.05, 4.69) is 42.0 Å². The quantitative estimate of drug-likeness (QED) is 0.837. The number of carbonyl (C=O) groups excluding carboxylic acids is 1. The van der Waals surface area contributed by atoms with Gasteiger partial charge in [0.15, 0.2) is 0 Å². The van der Waals surface area contributed by atoms with Crippen molar-refractivity contribution in [3.05, 3.63) is 36.0 Å². The molecule has 0 unspecified atom stereocenters. The lowest BCUT2D eigenvalue weighted by atomic mass is 10.2. The molecule has 0 radical (unpaired) electrons. The number of hydrogen-bond donors (Lipinski definition) is 1.